The molecule has 4 heteroatoms. The molecule has 0 aliphatic heterocycles. The Morgan fingerprint density at radius 2 is 2.00 bits per heavy atom. The largest absolute Gasteiger partial charge is 0.494 e. The van der Waals surface area contributed by atoms with Gasteiger partial charge in [-0.3, -0.25) is 4.79 Å². The van der Waals surface area contributed by atoms with Crippen LogP contribution in [0.4, 0.5) is 4.39 Å². The van der Waals surface area contributed by atoms with E-state index < -0.39 is 11.4 Å². The van der Waals surface area contributed by atoms with Crippen molar-refractivity contribution in [1.82, 2.24) is 0 Å². The van der Waals surface area contributed by atoms with E-state index in [2.05, 4.69) is 0 Å². The lowest BCUT2D eigenvalue weighted by molar-refractivity contribution is -0.121. The van der Waals surface area contributed by atoms with Gasteiger partial charge in [0.2, 0.25) is 0 Å². The van der Waals surface area contributed by atoms with Gasteiger partial charge in [-0.2, -0.15) is 0 Å². The second-order valence-electron chi connectivity index (χ2n) is 4.54. The van der Waals surface area contributed by atoms with Crippen LogP contribution in [0.15, 0.2) is 18.2 Å². The molecule has 17 heavy (non-hydrogen) atoms. The highest BCUT2D eigenvalue weighted by atomic mass is 19.1. The molecule has 0 unspecified atom stereocenters. The number of hydrogen-bond donors (Lipinski definition) is 1. The molecule has 1 aliphatic carbocycles. The number of benzene rings is 1. The highest BCUT2D eigenvalue weighted by Crippen LogP contribution is 2.35. The maximum absolute atomic E-state index is 13.3. The van der Waals surface area contributed by atoms with Crippen molar-refractivity contribution >= 4 is 5.78 Å². The van der Waals surface area contributed by atoms with Crippen molar-refractivity contribution in [3.63, 3.8) is 0 Å². The van der Waals surface area contributed by atoms with Crippen LogP contribution in [0.25, 0.3) is 0 Å². The first-order chi connectivity index (χ1) is 8.05. The fourth-order valence-corrected chi connectivity index (χ4v) is 2.23. The van der Waals surface area contributed by atoms with E-state index in [1.54, 1.807) is 12.1 Å². The lowest BCUT2D eigenvalue weighted by Crippen LogP contribution is -2.40. The summed E-state index contributed by atoms with van der Waals surface area (Å²) in [7, 11) is 1.43. The maximum atomic E-state index is 13.3. The average molecular weight is 237 g/mol. The van der Waals surface area contributed by atoms with Crippen LogP contribution in [0.1, 0.15) is 31.2 Å². The topological polar surface area (TPSA) is 52.3 Å². The molecule has 0 aromatic heterocycles. The number of ether oxygens (including phenoxy) is 1. The Hall–Kier alpha value is -1.42. The maximum Gasteiger partial charge on any atom is 0.165 e. The first-order valence-corrected chi connectivity index (χ1v) is 5.70. The summed E-state index contributed by atoms with van der Waals surface area (Å²) >= 11 is 0. The molecule has 0 saturated heterocycles. The Labute approximate surface area is 99.8 Å². The van der Waals surface area contributed by atoms with Crippen molar-refractivity contribution in [3.8, 4) is 5.75 Å². The normalized spacial score (nSPS) is 19.1. The van der Waals surface area contributed by atoms with Gasteiger partial charge in [0.25, 0.3) is 0 Å². The van der Waals surface area contributed by atoms with Gasteiger partial charge in [0.1, 0.15) is 5.78 Å². The van der Waals surface area contributed by atoms with Crippen molar-refractivity contribution < 1.29 is 13.9 Å². The van der Waals surface area contributed by atoms with Crippen LogP contribution in [0.2, 0.25) is 0 Å². The molecule has 0 spiro atoms. The van der Waals surface area contributed by atoms with E-state index in [0.717, 1.165) is 5.56 Å². The number of carbonyl (C=O) groups excluding carboxylic acids is 1. The molecule has 0 bridgehead atoms. The van der Waals surface area contributed by atoms with E-state index in [4.69, 9.17) is 10.5 Å². The Kier molecular flexibility index (Phi) is 3.15. The van der Waals surface area contributed by atoms with Gasteiger partial charge in [-0.05, 0) is 30.5 Å². The predicted octanol–water partition coefficient (Wildman–Crippen LogP) is 2.13. The standard InChI is InChI=1S/C13H16FNO2/c1-17-12-8-9(2-3-11(12)14)13(15)6-4-10(16)5-7-13/h2-3,8H,4-7,15H2,1H3. The van der Waals surface area contributed by atoms with Crippen molar-refractivity contribution in [1.29, 1.82) is 0 Å². The summed E-state index contributed by atoms with van der Waals surface area (Å²) in [6.45, 7) is 0. The zero-order valence-electron chi connectivity index (χ0n) is 9.83. The van der Waals surface area contributed by atoms with Gasteiger partial charge in [-0.15, -0.1) is 0 Å². The first kappa shape index (κ1) is 12.0. The van der Waals surface area contributed by atoms with Gasteiger partial charge in [-0.1, -0.05) is 6.07 Å². The molecule has 92 valence electrons. The molecule has 1 aromatic rings. The highest BCUT2D eigenvalue weighted by molar-refractivity contribution is 5.79. The van der Waals surface area contributed by atoms with Crippen molar-refractivity contribution in [2.24, 2.45) is 5.73 Å². The molecule has 1 fully saturated rings. The first-order valence-electron chi connectivity index (χ1n) is 5.70. The fraction of sp³-hybridized carbons (Fsp3) is 0.462. The van der Waals surface area contributed by atoms with Gasteiger partial charge >= 0.3 is 0 Å². The quantitative estimate of drug-likeness (QED) is 0.857. The number of halogens is 1. The minimum Gasteiger partial charge on any atom is -0.494 e. The molecule has 3 nitrogen and oxygen atoms in total. The van der Waals surface area contributed by atoms with Crippen LogP contribution >= 0.6 is 0 Å². The smallest absolute Gasteiger partial charge is 0.165 e. The summed E-state index contributed by atoms with van der Waals surface area (Å²) < 4.78 is 18.2. The zero-order valence-corrected chi connectivity index (χ0v) is 9.83. The van der Waals surface area contributed by atoms with Crippen LogP contribution in [-0.4, -0.2) is 12.9 Å². The Morgan fingerprint density at radius 3 is 2.59 bits per heavy atom. The lowest BCUT2D eigenvalue weighted by Gasteiger charge is -2.33. The second kappa shape index (κ2) is 4.45. The molecule has 0 amide bonds. The van der Waals surface area contributed by atoms with Crippen molar-refractivity contribution in [2.75, 3.05) is 7.11 Å². The number of nitrogens with two attached hydrogens (primary N) is 1. The highest BCUT2D eigenvalue weighted by Gasteiger charge is 2.32. The minimum atomic E-state index is -0.533. The van der Waals surface area contributed by atoms with Crippen molar-refractivity contribution in [2.45, 2.75) is 31.2 Å². The van der Waals surface area contributed by atoms with Crippen LogP contribution in [-0.2, 0) is 10.3 Å². The number of carbonyl (C=O) groups is 1. The van der Waals surface area contributed by atoms with Crippen LogP contribution in [0.3, 0.4) is 0 Å². The summed E-state index contributed by atoms with van der Waals surface area (Å²) in [6, 6.07) is 4.66. The lowest BCUT2D eigenvalue weighted by atomic mass is 9.77. The molecular weight excluding hydrogens is 221 g/mol. The summed E-state index contributed by atoms with van der Waals surface area (Å²) in [5.41, 5.74) is 6.59. The summed E-state index contributed by atoms with van der Waals surface area (Å²) in [4.78, 5) is 11.2. The molecule has 2 N–H and O–H groups in total. The molecule has 2 rings (SSSR count). The number of ketones is 1. The molecular formula is C13H16FNO2. The number of methoxy groups -OCH3 is 1. The third kappa shape index (κ3) is 2.31. The molecule has 0 radical (unpaired) electrons. The van der Waals surface area contributed by atoms with E-state index in [-0.39, 0.29) is 11.5 Å². The van der Waals surface area contributed by atoms with Gasteiger partial charge in [0.15, 0.2) is 11.6 Å². The fourth-order valence-electron chi connectivity index (χ4n) is 2.23. The Bertz CT molecular complexity index is 435. The molecule has 1 aromatic carbocycles. The summed E-state index contributed by atoms with van der Waals surface area (Å²) in [5, 5.41) is 0. The number of rotatable bonds is 2. The summed E-state index contributed by atoms with van der Waals surface area (Å²) in [6.07, 6.45) is 2.22. The minimum absolute atomic E-state index is 0.198. The van der Waals surface area contributed by atoms with E-state index in [9.17, 15) is 9.18 Å². The van der Waals surface area contributed by atoms with Crippen molar-refractivity contribution in [3.05, 3.63) is 29.6 Å². The second-order valence-corrected chi connectivity index (χ2v) is 4.54. The molecule has 0 heterocycles. The number of hydrogen-bond acceptors (Lipinski definition) is 3. The van der Waals surface area contributed by atoms with Gasteiger partial charge in [-0.25, -0.2) is 4.39 Å². The SMILES string of the molecule is COc1cc(C2(N)CCC(=O)CC2)ccc1F. The van der Waals surface area contributed by atoms with Crippen LogP contribution in [0.5, 0.6) is 5.75 Å². The average Bonchev–Trinajstić information content (AvgIpc) is 2.34. The Morgan fingerprint density at radius 1 is 1.35 bits per heavy atom. The summed E-state index contributed by atoms with van der Waals surface area (Å²) in [5.74, 6) is 0.0520. The third-order valence-electron chi connectivity index (χ3n) is 3.43. The molecule has 1 saturated carbocycles. The van der Waals surface area contributed by atoms with E-state index in [1.807, 2.05) is 0 Å². The molecule has 1 aliphatic rings. The van der Waals surface area contributed by atoms with Crippen LogP contribution < -0.4 is 10.5 Å². The number of Topliss-reactive ketones (excluding diaryl/α,β-unsaturated/α-hetero) is 1. The van der Waals surface area contributed by atoms with Crippen LogP contribution in [0, 0.1) is 5.82 Å². The Balaban J connectivity index is 2.30. The monoisotopic (exact) mass is 237 g/mol. The zero-order chi connectivity index (χ0) is 12.5. The van der Waals surface area contributed by atoms with Gasteiger partial charge < -0.3 is 10.5 Å². The van der Waals surface area contributed by atoms with Gasteiger partial charge in [0.05, 0.1) is 7.11 Å². The van der Waals surface area contributed by atoms with E-state index >= 15 is 0 Å². The van der Waals surface area contributed by atoms with E-state index in [1.165, 1.54) is 13.2 Å². The third-order valence-corrected chi connectivity index (χ3v) is 3.43. The predicted molar refractivity (Wildman–Crippen MR) is 62.3 cm³/mol. The van der Waals surface area contributed by atoms with E-state index in [0.29, 0.717) is 25.7 Å². The molecule has 0 atom stereocenters. The van der Waals surface area contributed by atoms with Gasteiger partial charge in [0, 0.05) is 18.4 Å².